The van der Waals surface area contributed by atoms with Crippen LogP contribution in [0, 0.1) is 23.6 Å². The summed E-state index contributed by atoms with van der Waals surface area (Å²) in [6.07, 6.45) is 8.56. The third-order valence-electron chi connectivity index (χ3n) is 3.88. The Morgan fingerprint density at radius 1 is 1.32 bits per heavy atom. The predicted octanol–water partition coefficient (Wildman–Crippen LogP) is 2.75. The zero-order valence-corrected chi connectivity index (χ0v) is 10.4. The average Bonchev–Trinajstić information content (AvgIpc) is 3.01. The number of amides is 1. The van der Waals surface area contributed by atoms with Crippen molar-refractivity contribution in [3.8, 4) is 0 Å². The summed E-state index contributed by atoms with van der Waals surface area (Å²) in [4.78, 5) is 11.7. The monoisotopic (exact) mass is 258 g/mol. The second kappa shape index (κ2) is 4.96. The number of benzene rings is 1. The first-order valence-corrected chi connectivity index (χ1v) is 6.50. The molecular weight excluding hydrogens is 243 g/mol. The second-order valence-electron chi connectivity index (χ2n) is 5.14. The van der Waals surface area contributed by atoms with E-state index in [1.807, 2.05) is 0 Å². The number of carbonyl (C=O) groups excluding carboxylic acids is 1. The molecule has 1 saturated carbocycles. The quantitative estimate of drug-likeness (QED) is 0.505. The zero-order valence-electron chi connectivity index (χ0n) is 10.4. The van der Waals surface area contributed by atoms with Crippen LogP contribution in [0.25, 0.3) is 0 Å². The van der Waals surface area contributed by atoms with Gasteiger partial charge < -0.3 is 0 Å². The Morgan fingerprint density at radius 2 is 2.16 bits per heavy atom. The lowest BCUT2D eigenvalue weighted by Crippen LogP contribution is -2.20. The number of fused-ring (bicyclic) bond motifs is 2. The fourth-order valence-corrected chi connectivity index (χ4v) is 2.89. The highest BCUT2D eigenvalue weighted by Crippen LogP contribution is 2.42. The lowest BCUT2D eigenvalue weighted by molar-refractivity contribution is 0.0951. The highest BCUT2D eigenvalue weighted by molar-refractivity contribution is 5.94. The lowest BCUT2D eigenvalue weighted by Gasteiger charge is -2.11. The highest BCUT2D eigenvalue weighted by Gasteiger charge is 2.34. The minimum atomic E-state index is -0.530. The van der Waals surface area contributed by atoms with Crippen molar-refractivity contribution in [1.29, 1.82) is 0 Å². The molecule has 3 atom stereocenters. The van der Waals surface area contributed by atoms with Crippen molar-refractivity contribution in [2.75, 3.05) is 0 Å². The molecule has 0 aromatic heterocycles. The van der Waals surface area contributed by atoms with E-state index in [0.717, 1.165) is 6.42 Å². The molecule has 2 aliphatic carbocycles. The number of hydrogen-bond acceptors (Lipinski definition) is 2. The van der Waals surface area contributed by atoms with E-state index in [4.69, 9.17) is 0 Å². The van der Waals surface area contributed by atoms with E-state index in [-0.39, 0.29) is 5.56 Å². The molecule has 3 nitrogen and oxygen atoms in total. The van der Waals surface area contributed by atoms with Gasteiger partial charge in [0.2, 0.25) is 0 Å². The summed E-state index contributed by atoms with van der Waals surface area (Å²) in [5, 5.41) is 3.96. The van der Waals surface area contributed by atoms with Crippen LogP contribution in [-0.2, 0) is 0 Å². The van der Waals surface area contributed by atoms with Gasteiger partial charge >= 0.3 is 0 Å². The lowest BCUT2D eigenvalue weighted by atomic mass is 9.95. The maximum absolute atomic E-state index is 13.4. The molecule has 3 unspecified atom stereocenters. The van der Waals surface area contributed by atoms with E-state index >= 15 is 0 Å². The second-order valence-corrected chi connectivity index (χ2v) is 5.14. The Hall–Kier alpha value is -1.97. The standard InChI is InChI=1S/C15H15FN2O/c16-14-4-2-1-3-13(14)15(19)18-17-9-12-8-10-5-6-11(12)7-10/h1-6,9-12H,7-8H2,(H,18,19). The molecular formula is C15H15FN2O. The Bertz CT molecular complexity index is 553. The molecule has 1 fully saturated rings. The van der Waals surface area contributed by atoms with Crippen LogP contribution in [0.15, 0.2) is 41.5 Å². The van der Waals surface area contributed by atoms with Crippen LogP contribution in [0.3, 0.4) is 0 Å². The van der Waals surface area contributed by atoms with Crippen LogP contribution >= 0.6 is 0 Å². The van der Waals surface area contributed by atoms with Gasteiger partial charge in [0, 0.05) is 12.1 Å². The number of hydrazone groups is 1. The van der Waals surface area contributed by atoms with Crippen LogP contribution in [0.1, 0.15) is 23.2 Å². The third-order valence-corrected chi connectivity index (χ3v) is 3.88. The largest absolute Gasteiger partial charge is 0.274 e. The van der Waals surface area contributed by atoms with Gasteiger partial charge in [-0.25, -0.2) is 9.82 Å². The molecule has 1 aromatic rings. The molecule has 0 spiro atoms. The van der Waals surface area contributed by atoms with E-state index in [0.29, 0.717) is 17.8 Å². The first-order chi connectivity index (χ1) is 9.24. The fourth-order valence-electron chi connectivity index (χ4n) is 2.89. The Balaban J connectivity index is 1.59. The predicted molar refractivity (Wildman–Crippen MR) is 71.2 cm³/mol. The molecule has 4 heteroatoms. The van der Waals surface area contributed by atoms with Crippen molar-refractivity contribution < 1.29 is 9.18 Å². The average molecular weight is 258 g/mol. The van der Waals surface area contributed by atoms with Crippen molar-refractivity contribution in [3.63, 3.8) is 0 Å². The summed E-state index contributed by atoms with van der Waals surface area (Å²) in [6, 6.07) is 5.89. The first-order valence-electron chi connectivity index (χ1n) is 6.50. The van der Waals surface area contributed by atoms with Gasteiger partial charge in [-0.15, -0.1) is 0 Å². The normalized spacial score (nSPS) is 28.2. The van der Waals surface area contributed by atoms with Crippen molar-refractivity contribution in [2.45, 2.75) is 12.8 Å². The molecule has 98 valence electrons. The van der Waals surface area contributed by atoms with Crippen LogP contribution in [0.4, 0.5) is 4.39 Å². The molecule has 2 aliphatic rings. The van der Waals surface area contributed by atoms with E-state index in [2.05, 4.69) is 22.7 Å². The van der Waals surface area contributed by atoms with Crippen LogP contribution in [-0.4, -0.2) is 12.1 Å². The van der Waals surface area contributed by atoms with E-state index in [9.17, 15) is 9.18 Å². The molecule has 1 aromatic carbocycles. The molecule has 1 amide bonds. The third kappa shape index (κ3) is 2.43. The number of carbonyl (C=O) groups is 1. The molecule has 2 bridgehead atoms. The van der Waals surface area contributed by atoms with Gasteiger partial charge in [0.1, 0.15) is 5.82 Å². The van der Waals surface area contributed by atoms with Crippen molar-refractivity contribution >= 4 is 12.1 Å². The summed E-state index contributed by atoms with van der Waals surface area (Å²) in [6.45, 7) is 0. The van der Waals surface area contributed by atoms with Crippen molar-refractivity contribution in [3.05, 3.63) is 47.8 Å². The smallest absolute Gasteiger partial charge is 0.267 e. The van der Waals surface area contributed by atoms with Gasteiger partial charge in [0.25, 0.3) is 5.91 Å². The van der Waals surface area contributed by atoms with E-state index in [1.54, 1.807) is 18.3 Å². The minimum absolute atomic E-state index is 0.0208. The summed E-state index contributed by atoms with van der Waals surface area (Å²) in [5.74, 6) is 0.588. The van der Waals surface area contributed by atoms with Gasteiger partial charge in [0.15, 0.2) is 0 Å². The van der Waals surface area contributed by atoms with Gasteiger partial charge in [-0.2, -0.15) is 5.10 Å². The number of allylic oxidation sites excluding steroid dienone is 2. The van der Waals surface area contributed by atoms with Gasteiger partial charge in [0.05, 0.1) is 5.56 Å². The molecule has 0 aliphatic heterocycles. The maximum atomic E-state index is 13.4. The zero-order chi connectivity index (χ0) is 13.2. The molecule has 19 heavy (non-hydrogen) atoms. The Morgan fingerprint density at radius 3 is 2.84 bits per heavy atom. The number of nitrogens with zero attached hydrogens (tertiary/aromatic N) is 1. The number of halogens is 1. The molecule has 0 heterocycles. The molecule has 1 N–H and O–H groups in total. The van der Waals surface area contributed by atoms with E-state index in [1.165, 1.54) is 18.6 Å². The summed E-state index contributed by atoms with van der Waals surface area (Å²) >= 11 is 0. The molecule has 0 radical (unpaired) electrons. The summed E-state index contributed by atoms with van der Waals surface area (Å²) < 4.78 is 13.4. The van der Waals surface area contributed by atoms with Gasteiger partial charge in [-0.1, -0.05) is 24.3 Å². The van der Waals surface area contributed by atoms with Crippen LogP contribution in [0.5, 0.6) is 0 Å². The van der Waals surface area contributed by atoms with Crippen molar-refractivity contribution in [2.24, 2.45) is 22.9 Å². The fraction of sp³-hybridized carbons (Fsp3) is 0.333. The minimum Gasteiger partial charge on any atom is -0.267 e. The summed E-state index contributed by atoms with van der Waals surface area (Å²) in [7, 11) is 0. The highest BCUT2D eigenvalue weighted by atomic mass is 19.1. The van der Waals surface area contributed by atoms with Crippen molar-refractivity contribution in [1.82, 2.24) is 5.43 Å². The topological polar surface area (TPSA) is 41.5 Å². The van der Waals surface area contributed by atoms with Gasteiger partial charge in [-0.05, 0) is 36.8 Å². The SMILES string of the molecule is O=C(NN=CC1CC2C=CC1C2)c1ccccc1F. The number of rotatable bonds is 3. The molecule has 3 rings (SSSR count). The Labute approximate surface area is 111 Å². The summed E-state index contributed by atoms with van der Waals surface area (Å²) in [5.41, 5.74) is 2.41. The van der Waals surface area contributed by atoms with E-state index < -0.39 is 11.7 Å². The maximum Gasteiger partial charge on any atom is 0.274 e. The Kier molecular flexibility index (Phi) is 3.15. The number of hydrogen-bond donors (Lipinski definition) is 1. The van der Waals surface area contributed by atoms with Crippen LogP contribution < -0.4 is 5.43 Å². The van der Waals surface area contributed by atoms with Crippen LogP contribution in [0.2, 0.25) is 0 Å². The molecule has 0 saturated heterocycles. The first kappa shape index (κ1) is 12.1. The van der Waals surface area contributed by atoms with Gasteiger partial charge in [-0.3, -0.25) is 4.79 Å². The number of nitrogens with one attached hydrogen (secondary N) is 1.